The van der Waals surface area contributed by atoms with E-state index in [-0.39, 0.29) is 12.6 Å². The van der Waals surface area contributed by atoms with Crippen LogP contribution in [0.3, 0.4) is 0 Å². The van der Waals surface area contributed by atoms with Crippen LogP contribution in [0.4, 0.5) is 10.5 Å². The van der Waals surface area contributed by atoms with Crippen LogP contribution in [0, 0.1) is 0 Å². The first-order valence-corrected chi connectivity index (χ1v) is 8.20. The van der Waals surface area contributed by atoms with Gasteiger partial charge in [0.05, 0.1) is 6.61 Å². The van der Waals surface area contributed by atoms with E-state index in [1.165, 1.54) is 5.56 Å². The molecule has 1 aromatic rings. The number of benzene rings is 1. The Hall–Kier alpha value is -1.20. The molecule has 1 aromatic carbocycles. The monoisotopic (exact) mass is 296 g/mol. The fourth-order valence-corrected chi connectivity index (χ4v) is 2.49. The molecule has 0 bridgehead atoms. The van der Waals surface area contributed by atoms with Gasteiger partial charge in [-0.15, -0.1) is 0 Å². The summed E-state index contributed by atoms with van der Waals surface area (Å²) in [6.45, 7) is 5.15. The highest BCUT2D eigenvalue weighted by Crippen LogP contribution is 2.16. The average molecular weight is 296 g/mol. The van der Waals surface area contributed by atoms with Gasteiger partial charge in [0, 0.05) is 24.5 Å². The molecule has 4 nitrogen and oxygen atoms in total. The number of anilines is 1. The normalized spacial score (nSPS) is 10.3. The lowest BCUT2D eigenvalue weighted by atomic mass is 10.2. The van der Waals surface area contributed by atoms with Crippen LogP contribution >= 0.6 is 11.8 Å². The Morgan fingerprint density at radius 2 is 2.15 bits per heavy atom. The van der Waals surface area contributed by atoms with Gasteiger partial charge in [0.25, 0.3) is 0 Å². The summed E-state index contributed by atoms with van der Waals surface area (Å²) in [5, 5.41) is 11.9. The molecule has 20 heavy (non-hydrogen) atoms. The van der Waals surface area contributed by atoms with Crippen LogP contribution in [0.1, 0.15) is 25.8 Å². The Morgan fingerprint density at radius 1 is 1.35 bits per heavy atom. The van der Waals surface area contributed by atoms with Gasteiger partial charge in [0.2, 0.25) is 0 Å². The maximum Gasteiger partial charge on any atom is 0.321 e. The molecule has 0 aliphatic carbocycles. The van der Waals surface area contributed by atoms with Gasteiger partial charge in [-0.1, -0.05) is 26.0 Å². The van der Waals surface area contributed by atoms with Crippen molar-refractivity contribution >= 4 is 23.5 Å². The number of aliphatic hydroxyl groups excluding tert-OH is 1. The molecule has 0 saturated carbocycles. The van der Waals surface area contributed by atoms with Crippen molar-refractivity contribution in [2.75, 3.05) is 30.8 Å². The Morgan fingerprint density at radius 3 is 2.80 bits per heavy atom. The van der Waals surface area contributed by atoms with E-state index in [1.807, 2.05) is 36.9 Å². The van der Waals surface area contributed by atoms with Crippen molar-refractivity contribution < 1.29 is 9.90 Å². The number of rotatable bonds is 8. The minimum Gasteiger partial charge on any atom is -0.395 e. The van der Waals surface area contributed by atoms with Crippen LogP contribution in [0.2, 0.25) is 0 Å². The van der Waals surface area contributed by atoms with Gasteiger partial charge in [0.1, 0.15) is 0 Å². The highest BCUT2D eigenvalue weighted by molar-refractivity contribution is 7.98. The number of hydrogen-bond acceptors (Lipinski definition) is 3. The molecule has 0 aliphatic rings. The van der Waals surface area contributed by atoms with Gasteiger partial charge < -0.3 is 15.3 Å². The zero-order valence-corrected chi connectivity index (χ0v) is 13.1. The molecule has 0 aliphatic heterocycles. The average Bonchev–Trinajstić information content (AvgIpc) is 2.45. The minimum atomic E-state index is -0.152. The lowest BCUT2D eigenvalue weighted by Gasteiger charge is -2.21. The second-order valence-electron chi connectivity index (χ2n) is 4.48. The quantitative estimate of drug-likeness (QED) is 0.774. The fraction of sp³-hybridized carbons (Fsp3) is 0.533. The van der Waals surface area contributed by atoms with Gasteiger partial charge in [0.15, 0.2) is 0 Å². The number of carbonyl (C=O) groups excluding carboxylic acids is 1. The Bertz CT molecular complexity index is 407. The van der Waals surface area contributed by atoms with Gasteiger partial charge in [-0.2, -0.15) is 11.8 Å². The number of nitrogens with zero attached hydrogens (tertiary/aromatic N) is 1. The van der Waals surface area contributed by atoms with E-state index in [0.717, 1.165) is 23.6 Å². The number of nitrogens with one attached hydrogen (secondary N) is 1. The number of hydrogen-bond donors (Lipinski definition) is 2. The molecule has 0 aromatic heterocycles. The summed E-state index contributed by atoms with van der Waals surface area (Å²) in [5.74, 6) is 2.03. The molecule has 0 atom stereocenters. The third-order valence-corrected chi connectivity index (χ3v) is 3.75. The van der Waals surface area contributed by atoms with Gasteiger partial charge in [-0.25, -0.2) is 4.79 Å². The van der Waals surface area contributed by atoms with Gasteiger partial charge >= 0.3 is 6.03 Å². The third kappa shape index (κ3) is 5.84. The molecule has 1 rings (SSSR count). The molecule has 2 amide bonds. The van der Waals surface area contributed by atoms with Crippen molar-refractivity contribution in [1.29, 1.82) is 0 Å². The van der Waals surface area contributed by atoms with Crippen LogP contribution in [0.15, 0.2) is 24.3 Å². The summed E-state index contributed by atoms with van der Waals surface area (Å²) >= 11 is 1.86. The summed E-state index contributed by atoms with van der Waals surface area (Å²) in [5.41, 5.74) is 2.02. The first-order valence-electron chi connectivity index (χ1n) is 7.04. The third-order valence-electron chi connectivity index (χ3n) is 2.80. The number of amides is 2. The fourth-order valence-electron chi connectivity index (χ4n) is 1.87. The van der Waals surface area contributed by atoms with E-state index in [1.54, 1.807) is 4.90 Å². The molecule has 2 N–H and O–H groups in total. The molecule has 0 radical (unpaired) electrons. The van der Waals surface area contributed by atoms with Crippen molar-refractivity contribution in [2.45, 2.75) is 26.0 Å². The lowest BCUT2D eigenvalue weighted by molar-refractivity contribution is 0.188. The zero-order valence-electron chi connectivity index (χ0n) is 12.3. The van der Waals surface area contributed by atoms with Crippen molar-refractivity contribution in [3.63, 3.8) is 0 Å². The SMILES string of the molecule is CCCN(CCO)C(=O)Nc1cccc(CSCC)c1. The predicted molar refractivity (Wildman–Crippen MR) is 86.2 cm³/mol. The van der Waals surface area contributed by atoms with Crippen LogP contribution in [-0.2, 0) is 5.75 Å². The van der Waals surface area contributed by atoms with E-state index >= 15 is 0 Å². The van der Waals surface area contributed by atoms with E-state index in [9.17, 15) is 4.79 Å². The standard InChI is InChI=1S/C15H24N2O2S/c1-3-8-17(9-10-18)15(19)16-14-7-5-6-13(11-14)12-20-4-2/h5-7,11,18H,3-4,8-10,12H2,1-2H3,(H,16,19). The van der Waals surface area contributed by atoms with Crippen LogP contribution in [0.5, 0.6) is 0 Å². The first-order chi connectivity index (χ1) is 9.71. The Labute approximate surface area is 125 Å². The van der Waals surface area contributed by atoms with Gasteiger partial charge in [-0.3, -0.25) is 0 Å². The predicted octanol–water partition coefficient (Wildman–Crippen LogP) is 3.18. The van der Waals surface area contributed by atoms with Gasteiger partial charge in [-0.05, 0) is 29.9 Å². The number of urea groups is 1. The molecule has 0 heterocycles. The summed E-state index contributed by atoms with van der Waals surface area (Å²) in [4.78, 5) is 13.7. The molecule has 5 heteroatoms. The first kappa shape index (κ1) is 16.9. The smallest absolute Gasteiger partial charge is 0.321 e. The van der Waals surface area contributed by atoms with Crippen molar-refractivity contribution in [1.82, 2.24) is 4.90 Å². The Kier molecular flexibility index (Phi) is 8.14. The molecular formula is C15H24N2O2S. The number of aliphatic hydroxyl groups is 1. The molecule has 0 fully saturated rings. The van der Waals surface area contributed by atoms with Crippen molar-refractivity contribution in [3.05, 3.63) is 29.8 Å². The topological polar surface area (TPSA) is 52.6 Å². The number of thioether (sulfide) groups is 1. The molecule has 112 valence electrons. The van der Waals surface area contributed by atoms with Crippen LogP contribution < -0.4 is 5.32 Å². The minimum absolute atomic E-state index is 0.0133. The largest absolute Gasteiger partial charge is 0.395 e. The second kappa shape index (κ2) is 9.66. The molecule has 0 spiro atoms. The zero-order chi connectivity index (χ0) is 14.8. The van der Waals surface area contributed by atoms with E-state index in [0.29, 0.717) is 13.1 Å². The summed E-state index contributed by atoms with van der Waals surface area (Å²) < 4.78 is 0. The second-order valence-corrected chi connectivity index (χ2v) is 5.75. The van der Waals surface area contributed by atoms with E-state index in [4.69, 9.17) is 5.11 Å². The molecular weight excluding hydrogens is 272 g/mol. The van der Waals surface area contributed by atoms with Crippen LogP contribution in [0.25, 0.3) is 0 Å². The highest BCUT2D eigenvalue weighted by atomic mass is 32.2. The summed E-state index contributed by atoms with van der Waals surface area (Å²) in [6.07, 6.45) is 0.876. The Balaban J connectivity index is 2.63. The summed E-state index contributed by atoms with van der Waals surface area (Å²) in [6, 6.07) is 7.76. The van der Waals surface area contributed by atoms with E-state index < -0.39 is 0 Å². The maximum atomic E-state index is 12.1. The highest BCUT2D eigenvalue weighted by Gasteiger charge is 2.11. The number of carbonyl (C=O) groups is 1. The maximum absolute atomic E-state index is 12.1. The van der Waals surface area contributed by atoms with Crippen molar-refractivity contribution in [2.24, 2.45) is 0 Å². The summed E-state index contributed by atoms with van der Waals surface area (Å²) in [7, 11) is 0. The van der Waals surface area contributed by atoms with Crippen molar-refractivity contribution in [3.8, 4) is 0 Å². The molecule has 0 saturated heterocycles. The van der Waals surface area contributed by atoms with Crippen LogP contribution in [-0.4, -0.2) is 41.5 Å². The lowest BCUT2D eigenvalue weighted by Crippen LogP contribution is -2.37. The molecule has 0 unspecified atom stereocenters. The van der Waals surface area contributed by atoms with E-state index in [2.05, 4.69) is 18.3 Å².